The molecule has 0 saturated carbocycles. The van der Waals surface area contributed by atoms with E-state index >= 15 is 0 Å². The van der Waals surface area contributed by atoms with Crippen LogP contribution < -0.4 is 11.3 Å². The molecule has 0 aliphatic carbocycles. The van der Waals surface area contributed by atoms with Crippen LogP contribution in [0, 0.1) is 11.3 Å². The lowest BCUT2D eigenvalue weighted by molar-refractivity contribution is 0.787. The summed E-state index contributed by atoms with van der Waals surface area (Å²) in [6, 6.07) is 0. The summed E-state index contributed by atoms with van der Waals surface area (Å²) in [5, 5.41) is 6.90. The van der Waals surface area contributed by atoms with Crippen molar-refractivity contribution in [1.29, 1.82) is 5.41 Å². The van der Waals surface area contributed by atoms with Gasteiger partial charge in [0.1, 0.15) is 0 Å². The number of hydrogen-bond acceptors (Lipinski definition) is 3. The maximum absolute atomic E-state index is 6.90. The summed E-state index contributed by atoms with van der Waals surface area (Å²) < 4.78 is 0. The van der Waals surface area contributed by atoms with Gasteiger partial charge in [-0.15, -0.1) is 0 Å². The van der Waals surface area contributed by atoms with Gasteiger partial charge in [0.15, 0.2) is 0 Å². The Morgan fingerprint density at radius 1 is 1.67 bits per heavy atom. The Kier molecular flexibility index (Phi) is 3.71. The average molecular weight is 127 g/mol. The van der Waals surface area contributed by atoms with Crippen molar-refractivity contribution in [2.75, 3.05) is 0 Å². The molecule has 0 rings (SSSR count). The molecule has 3 heteroatoms. The molecule has 3 nitrogen and oxygen atoms in total. The van der Waals surface area contributed by atoms with Crippen LogP contribution in [0.3, 0.4) is 0 Å². The number of nitrogens with one attached hydrogen (secondary N) is 2. The molecule has 0 amide bonds. The summed E-state index contributed by atoms with van der Waals surface area (Å²) in [5.74, 6) is 5.37. The van der Waals surface area contributed by atoms with E-state index in [9.17, 15) is 0 Å². The number of nitrogens with two attached hydrogens (primary N) is 1. The molecule has 0 aromatic heterocycles. The smallest absolute Gasteiger partial charge is 0.0227 e. The van der Waals surface area contributed by atoms with Gasteiger partial charge < -0.3 is 10.8 Å². The molecule has 4 N–H and O–H groups in total. The van der Waals surface area contributed by atoms with E-state index in [1.165, 1.54) is 6.21 Å². The third-order valence-electron chi connectivity index (χ3n) is 1.08. The number of rotatable bonds is 3. The lowest BCUT2D eigenvalue weighted by Gasteiger charge is -2.02. The van der Waals surface area contributed by atoms with E-state index in [-0.39, 0.29) is 0 Å². The summed E-state index contributed by atoms with van der Waals surface area (Å²) in [6.45, 7) is 4.02. The summed E-state index contributed by atoms with van der Waals surface area (Å²) in [5.41, 5.74) is 3.29. The van der Waals surface area contributed by atoms with E-state index in [1.807, 2.05) is 13.8 Å². The SMILES string of the molecule is CC(C)/C(C=N)=C/NN. The van der Waals surface area contributed by atoms with Crippen LogP contribution in [0.1, 0.15) is 13.8 Å². The number of hydrogen-bond donors (Lipinski definition) is 3. The zero-order valence-corrected chi connectivity index (χ0v) is 5.81. The third-order valence-corrected chi connectivity index (χ3v) is 1.08. The molecule has 0 heterocycles. The summed E-state index contributed by atoms with van der Waals surface area (Å²) in [6.07, 6.45) is 2.92. The maximum atomic E-state index is 6.90. The first-order valence-corrected chi connectivity index (χ1v) is 2.89. The van der Waals surface area contributed by atoms with Gasteiger partial charge in [0, 0.05) is 12.4 Å². The zero-order valence-electron chi connectivity index (χ0n) is 5.81. The van der Waals surface area contributed by atoms with Crippen LogP contribution >= 0.6 is 0 Å². The van der Waals surface area contributed by atoms with Gasteiger partial charge >= 0.3 is 0 Å². The van der Waals surface area contributed by atoms with Crippen molar-refractivity contribution in [2.24, 2.45) is 11.8 Å². The van der Waals surface area contributed by atoms with Crippen LogP contribution in [0.25, 0.3) is 0 Å². The Morgan fingerprint density at radius 3 is 2.33 bits per heavy atom. The second kappa shape index (κ2) is 4.09. The van der Waals surface area contributed by atoms with Gasteiger partial charge in [-0.05, 0) is 11.5 Å². The minimum absolute atomic E-state index is 0.360. The van der Waals surface area contributed by atoms with Gasteiger partial charge in [-0.1, -0.05) is 13.8 Å². The minimum Gasteiger partial charge on any atom is -0.331 e. The fourth-order valence-corrected chi connectivity index (χ4v) is 0.471. The molecule has 0 radical (unpaired) electrons. The highest BCUT2D eigenvalue weighted by Crippen LogP contribution is 2.03. The van der Waals surface area contributed by atoms with E-state index in [4.69, 9.17) is 11.3 Å². The van der Waals surface area contributed by atoms with Crippen LogP contribution in [0.15, 0.2) is 11.8 Å². The Balaban J connectivity index is 3.97. The summed E-state index contributed by atoms with van der Waals surface area (Å²) in [7, 11) is 0. The normalized spacial score (nSPS) is 11.8. The Bertz CT molecular complexity index is 115. The van der Waals surface area contributed by atoms with E-state index < -0.39 is 0 Å². The molecule has 0 bridgehead atoms. The zero-order chi connectivity index (χ0) is 7.28. The highest BCUT2D eigenvalue weighted by Gasteiger charge is 1.96. The maximum Gasteiger partial charge on any atom is 0.0227 e. The van der Waals surface area contributed by atoms with Gasteiger partial charge in [0.05, 0.1) is 0 Å². The lowest BCUT2D eigenvalue weighted by Crippen LogP contribution is -2.15. The summed E-state index contributed by atoms with van der Waals surface area (Å²) in [4.78, 5) is 0. The molecule has 52 valence electrons. The second-order valence-electron chi connectivity index (χ2n) is 2.11. The van der Waals surface area contributed by atoms with Gasteiger partial charge in [-0.3, -0.25) is 5.84 Å². The molecule has 0 aliphatic heterocycles. The minimum atomic E-state index is 0.360. The van der Waals surface area contributed by atoms with Crippen molar-refractivity contribution in [3.63, 3.8) is 0 Å². The Morgan fingerprint density at radius 2 is 2.22 bits per heavy atom. The molecule has 9 heavy (non-hydrogen) atoms. The second-order valence-corrected chi connectivity index (χ2v) is 2.11. The molecule has 0 aliphatic rings. The number of allylic oxidation sites excluding steroid dienone is 1. The van der Waals surface area contributed by atoms with Crippen molar-refractivity contribution >= 4 is 6.21 Å². The topological polar surface area (TPSA) is 61.9 Å². The predicted molar refractivity (Wildman–Crippen MR) is 39.0 cm³/mol. The van der Waals surface area contributed by atoms with Crippen molar-refractivity contribution in [1.82, 2.24) is 5.43 Å². The highest BCUT2D eigenvalue weighted by atomic mass is 15.2. The first kappa shape index (κ1) is 8.17. The van der Waals surface area contributed by atoms with Gasteiger partial charge in [0.25, 0.3) is 0 Å². The predicted octanol–water partition coefficient (Wildman–Crippen LogP) is 0.639. The Hall–Kier alpha value is -0.830. The largest absolute Gasteiger partial charge is 0.331 e. The van der Waals surface area contributed by atoms with E-state index in [2.05, 4.69) is 5.43 Å². The van der Waals surface area contributed by atoms with Crippen molar-refractivity contribution in [3.8, 4) is 0 Å². The molecule has 0 unspecified atom stereocenters. The van der Waals surface area contributed by atoms with E-state index in [0.717, 1.165) is 5.57 Å². The van der Waals surface area contributed by atoms with Gasteiger partial charge in [-0.25, -0.2) is 0 Å². The van der Waals surface area contributed by atoms with Gasteiger partial charge in [0.2, 0.25) is 0 Å². The lowest BCUT2D eigenvalue weighted by atomic mass is 10.1. The molecule has 0 aromatic rings. The molecule has 0 aromatic carbocycles. The molecule has 0 fully saturated rings. The third kappa shape index (κ3) is 2.87. The first-order chi connectivity index (χ1) is 4.22. The van der Waals surface area contributed by atoms with Crippen LogP contribution in [0.5, 0.6) is 0 Å². The van der Waals surface area contributed by atoms with E-state index in [1.54, 1.807) is 6.20 Å². The monoisotopic (exact) mass is 127 g/mol. The van der Waals surface area contributed by atoms with Crippen LogP contribution in [-0.4, -0.2) is 6.21 Å². The standard InChI is InChI=1S/C6H13N3/c1-5(2)6(3-7)4-9-8/h3-5,7,9H,8H2,1-2H3/b6-4+,7-3?. The first-order valence-electron chi connectivity index (χ1n) is 2.89. The highest BCUT2D eigenvalue weighted by molar-refractivity contribution is 5.75. The van der Waals surface area contributed by atoms with Crippen molar-refractivity contribution in [3.05, 3.63) is 11.8 Å². The van der Waals surface area contributed by atoms with Crippen molar-refractivity contribution < 1.29 is 0 Å². The van der Waals surface area contributed by atoms with Crippen LogP contribution in [-0.2, 0) is 0 Å². The quantitative estimate of drug-likeness (QED) is 0.296. The van der Waals surface area contributed by atoms with Gasteiger partial charge in [-0.2, -0.15) is 0 Å². The molecule has 0 saturated heterocycles. The average Bonchev–Trinajstić information content (AvgIpc) is 1.82. The van der Waals surface area contributed by atoms with Crippen molar-refractivity contribution in [2.45, 2.75) is 13.8 Å². The fraction of sp³-hybridized carbons (Fsp3) is 0.500. The molecular weight excluding hydrogens is 114 g/mol. The summed E-state index contributed by atoms with van der Waals surface area (Å²) >= 11 is 0. The van der Waals surface area contributed by atoms with E-state index in [0.29, 0.717) is 5.92 Å². The fourth-order valence-electron chi connectivity index (χ4n) is 0.471. The Labute approximate surface area is 55.4 Å². The van der Waals surface area contributed by atoms with Crippen LogP contribution in [0.4, 0.5) is 0 Å². The number of hydrazine groups is 1. The van der Waals surface area contributed by atoms with Crippen LogP contribution in [0.2, 0.25) is 0 Å². The molecule has 0 spiro atoms. The molecule has 0 atom stereocenters. The molecular formula is C6H13N3.